The van der Waals surface area contributed by atoms with Gasteiger partial charge in [0.1, 0.15) is 0 Å². The Kier molecular flexibility index (Phi) is 4.77. The topological polar surface area (TPSA) is 32.5 Å². The largest absolute Gasteiger partial charge is 0.327 e. The van der Waals surface area contributed by atoms with E-state index >= 15 is 0 Å². The molecule has 1 aliphatic rings. The number of nitrogens with two attached hydrogens (primary N) is 1. The van der Waals surface area contributed by atoms with E-state index in [2.05, 4.69) is 44.7 Å². The molecule has 3 heteroatoms. The van der Waals surface area contributed by atoms with Gasteiger partial charge in [-0.3, -0.25) is 4.90 Å². The van der Waals surface area contributed by atoms with Crippen molar-refractivity contribution in [2.75, 3.05) is 33.7 Å². The molecule has 0 aromatic heterocycles. The monoisotopic (exact) mass is 227 g/mol. The quantitative estimate of drug-likeness (QED) is 0.770. The van der Waals surface area contributed by atoms with Crippen molar-refractivity contribution in [3.8, 4) is 0 Å². The van der Waals surface area contributed by atoms with Crippen LogP contribution in [0.2, 0.25) is 0 Å². The molecular weight excluding hydrogens is 198 g/mol. The van der Waals surface area contributed by atoms with Crippen molar-refractivity contribution in [2.24, 2.45) is 11.1 Å². The van der Waals surface area contributed by atoms with E-state index in [9.17, 15) is 0 Å². The highest BCUT2D eigenvalue weighted by Gasteiger charge is 2.32. The molecule has 3 nitrogen and oxygen atoms in total. The van der Waals surface area contributed by atoms with Crippen molar-refractivity contribution in [2.45, 2.75) is 45.7 Å². The van der Waals surface area contributed by atoms with Crippen LogP contribution in [-0.4, -0.2) is 55.6 Å². The molecule has 2 N–H and O–H groups in total. The lowest BCUT2D eigenvalue weighted by Crippen LogP contribution is -2.47. The Morgan fingerprint density at radius 1 is 1.44 bits per heavy atom. The van der Waals surface area contributed by atoms with Crippen LogP contribution in [0.1, 0.15) is 33.6 Å². The number of likely N-dealkylation sites (tertiary alicyclic amines) is 1. The molecule has 0 amide bonds. The Morgan fingerprint density at radius 3 is 2.56 bits per heavy atom. The third-order valence-electron chi connectivity index (χ3n) is 3.92. The Morgan fingerprint density at radius 2 is 2.06 bits per heavy atom. The van der Waals surface area contributed by atoms with E-state index < -0.39 is 0 Å². The van der Waals surface area contributed by atoms with Crippen molar-refractivity contribution in [3.05, 3.63) is 0 Å². The maximum absolute atomic E-state index is 6.06. The summed E-state index contributed by atoms with van der Waals surface area (Å²) in [5.74, 6) is 0. The minimum atomic E-state index is 0.217. The molecule has 2 atom stereocenters. The first-order chi connectivity index (χ1) is 7.33. The summed E-state index contributed by atoms with van der Waals surface area (Å²) in [5.41, 5.74) is 6.28. The van der Waals surface area contributed by atoms with Gasteiger partial charge in [-0.15, -0.1) is 0 Å². The summed E-state index contributed by atoms with van der Waals surface area (Å²) in [7, 11) is 4.32. The predicted octanol–water partition coefficient (Wildman–Crippen LogP) is 1.39. The van der Waals surface area contributed by atoms with Gasteiger partial charge in [0, 0.05) is 25.2 Å². The predicted molar refractivity (Wildman–Crippen MR) is 70.6 cm³/mol. The van der Waals surface area contributed by atoms with Crippen molar-refractivity contribution >= 4 is 0 Å². The van der Waals surface area contributed by atoms with Crippen LogP contribution in [0.5, 0.6) is 0 Å². The van der Waals surface area contributed by atoms with Gasteiger partial charge in [-0.2, -0.15) is 0 Å². The minimum Gasteiger partial charge on any atom is -0.327 e. The van der Waals surface area contributed by atoms with Crippen LogP contribution in [-0.2, 0) is 0 Å². The van der Waals surface area contributed by atoms with Crippen LogP contribution in [0.3, 0.4) is 0 Å². The maximum Gasteiger partial charge on any atom is 0.0223 e. The second-order valence-electron chi connectivity index (χ2n) is 6.31. The lowest BCUT2D eigenvalue weighted by atomic mass is 9.85. The van der Waals surface area contributed by atoms with Gasteiger partial charge in [-0.05, 0) is 45.8 Å². The Balaban J connectivity index is 2.52. The Labute approximate surface area is 101 Å². The molecule has 0 aliphatic carbocycles. The molecule has 0 bridgehead atoms. The Bertz CT molecular complexity index is 211. The first-order valence-corrected chi connectivity index (χ1v) is 6.47. The van der Waals surface area contributed by atoms with Gasteiger partial charge in [0.15, 0.2) is 0 Å². The van der Waals surface area contributed by atoms with Gasteiger partial charge in [-0.1, -0.05) is 13.8 Å². The summed E-state index contributed by atoms with van der Waals surface area (Å²) >= 11 is 0. The zero-order valence-corrected chi connectivity index (χ0v) is 11.7. The molecule has 0 radical (unpaired) electrons. The van der Waals surface area contributed by atoms with Crippen LogP contribution in [0.25, 0.3) is 0 Å². The molecule has 1 heterocycles. The normalized spacial score (nSPS) is 25.3. The van der Waals surface area contributed by atoms with E-state index in [1.807, 2.05) is 0 Å². The van der Waals surface area contributed by atoms with E-state index in [0.717, 1.165) is 12.6 Å². The number of likely N-dealkylation sites (N-methyl/N-ethyl adjacent to an activating group) is 1. The first-order valence-electron chi connectivity index (χ1n) is 6.47. The van der Waals surface area contributed by atoms with Crippen LogP contribution in [0.4, 0.5) is 0 Å². The van der Waals surface area contributed by atoms with Crippen molar-refractivity contribution in [1.29, 1.82) is 0 Å². The number of hydrogen-bond donors (Lipinski definition) is 1. The summed E-state index contributed by atoms with van der Waals surface area (Å²) in [5, 5.41) is 0. The van der Waals surface area contributed by atoms with Gasteiger partial charge in [0.25, 0.3) is 0 Å². The molecule has 2 unspecified atom stereocenters. The molecule has 0 aromatic carbocycles. The van der Waals surface area contributed by atoms with Crippen LogP contribution < -0.4 is 5.73 Å². The van der Waals surface area contributed by atoms with Gasteiger partial charge in [0.05, 0.1) is 0 Å². The van der Waals surface area contributed by atoms with E-state index in [0.29, 0.717) is 0 Å². The smallest absolute Gasteiger partial charge is 0.0223 e. The average molecular weight is 227 g/mol. The van der Waals surface area contributed by atoms with Crippen molar-refractivity contribution in [1.82, 2.24) is 9.80 Å². The second-order valence-corrected chi connectivity index (χ2v) is 6.31. The second kappa shape index (κ2) is 5.48. The molecule has 0 saturated carbocycles. The molecule has 1 saturated heterocycles. The molecule has 1 aliphatic heterocycles. The number of rotatable bonds is 5. The van der Waals surface area contributed by atoms with Gasteiger partial charge >= 0.3 is 0 Å². The standard InChI is InChI=1S/C13H29N3/c1-11(14)13(2,3)10-16-8-6-7-12(16)9-15(4)5/h11-12H,6-10,14H2,1-5H3. The molecule has 16 heavy (non-hydrogen) atoms. The maximum atomic E-state index is 6.06. The fourth-order valence-corrected chi connectivity index (χ4v) is 2.40. The highest BCUT2D eigenvalue weighted by Crippen LogP contribution is 2.26. The SMILES string of the molecule is CC(N)C(C)(C)CN1CCCC1CN(C)C. The lowest BCUT2D eigenvalue weighted by Gasteiger charge is -2.37. The Hall–Kier alpha value is -0.120. The summed E-state index contributed by atoms with van der Waals surface area (Å²) in [6, 6.07) is 0.987. The minimum absolute atomic E-state index is 0.217. The fourth-order valence-electron chi connectivity index (χ4n) is 2.40. The summed E-state index contributed by atoms with van der Waals surface area (Å²) in [4.78, 5) is 4.92. The van der Waals surface area contributed by atoms with Crippen LogP contribution in [0.15, 0.2) is 0 Å². The molecule has 1 rings (SSSR count). The molecule has 0 aromatic rings. The summed E-state index contributed by atoms with van der Waals surface area (Å²) in [6.45, 7) is 10.2. The van der Waals surface area contributed by atoms with Crippen molar-refractivity contribution < 1.29 is 0 Å². The summed E-state index contributed by atoms with van der Waals surface area (Å²) < 4.78 is 0. The fraction of sp³-hybridized carbons (Fsp3) is 1.00. The zero-order chi connectivity index (χ0) is 12.3. The average Bonchev–Trinajstić information content (AvgIpc) is 2.50. The first kappa shape index (κ1) is 13.9. The summed E-state index contributed by atoms with van der Waals surface area (Å²) in [6.07, 6.45) is 2.68. The van der Waals surface area contributed by atoms with Crippen LogP contribution >= 0.6 is 0 Å². The van der Waals surface area contributed by atoms with Crippen molar-refractivity contribution in [3.63, 3.8) is 0 Å². The molecule has 0 spiro atoms. The van der Waals surface area contributed by atoms with E-state index in [1.54, 1.807) is 0 Å². The highest BCUT2D eigenvalue weighted by molar-refractivity contribution is 4.88. The number of nitrogens with zero attached hydrogens (tertiary/aromatic N) is 2. The molecular formula is C13H29N3. The molecule has 96 valence electrons. The lowest BCUT2D eigenvalue weighted by molar-refractivity contribution is 0.130. The van der Waals surface area contributed by atoms with E-state index in [-0.39, 0.29) is 11.5 Å². The van der Waals surface area contributed by atoms with Gasteiger partial charge in [0.2, 0.25) is 0 Å². The third-order valence-corrected chi connectivity index (χ3v) is 3.92. The zero-order valence-electron chi connectivity index (χ0n) is 11.7. The molecule has 1 fully saturated rings. The van der Waals surface area contributed by atoms with Crippen LogP contribution in [0, 0.1) is 5.41 Å². The van der Waals surface area contributed by atoms with E-state index in [4.69, 9.17) is 5.73 Å². The van der Waals surface area contributed by atoms with Gasteiger partial charge in [-0.25, -0.2) is 0 Å². The van der Waals surface area contributed by atoms with E-state index in [1.165, 1.54) is 25.9 Å². The highest BCUT2D eigenvalue weighted by atomic mass is 15.2. The third kappa shape index (κ3) is 3.72. The van der Waals surface area contributed by atoms with Gasteiger partial charge < -0.3 is 10.6 Å². The number of hydrogen-bond acceptors (Lipinski definition) is 3.